The fourth-order valence-corrected chi connectivity index (χ4v) is 2.20. The molecule has 1 aliphatic rings. The van der Waals surface area contributed by atoms with Crippen LogP contribution in [-0.4, -0.2) is 11.9 Å². The molecule has 100 valence electrons. The van der Waals surface area contributed by atoms with E-state index in [0.29, 0.717) is 24.6 Å². The number of rotatable bonds is 5. The molecular formula is C13H15ClF3N. The number of nitrogens with one attached hydrogen (secondary N) is 1. The van der Waals surface area contributed by atoms with Crippen LogP contribution < -0.4 is 5.32 Å². The maximum absolute atomic E-state index is 12.5. The summed E-state index contributed by atoms with van der Waals surface area (Å²) < 4.78 is 37.5. The molecule has 1 aromatic rings. The second-order valence-corrected chi connectivity index (χ2v) is 5.24. The van der Waals surface area contributed by atoms with Gasteiger partial charge in [0, 0.05) is 18.5 Å². The smallest absolute Gasteiger partial charge is 0.311 e. The van der Waals surface area contributed by atoms with Crippen molar-refractivity contribution in [2.24, 2.45) is 5.92 Å². The quantitative estimate of drug-likeness (QED) is 0.807. The maximum Gasteiger partial charge on any atom is 0.416 e. The molecule has 0 amide bonds. The van der Waals surface area contributed by atoms with Gasteiger partial charge in [0.25, 0.3) is 0 Å². The average Bonchev–Trinajstić information content (AvgIpc) is 3.12. The number of hydrogen-bond donors (Lipinski definition) is 1. The minimum absolute atomic E-state index is 0.0933. The van der Waals surface area contributed by atoms with E-state index in [4.69, 9.17) is 11.6 Å². The number of halogens is 4. The molecule has 1 atom stereocenters. The molecule has 2 rings (SSSR count). The van der Waals surface area contributed by atoms with Gasteiger partial charge in [-0.1, -0.05) is 18.2 Å². The third-order valence-electron chi connectivity index (χ3n) is 3.06. The van der Waals surface area contributed by atoms with Crippen molar-refractivity contribution in [3.05, 3.63) is 35.4 Å². The first-order valence-corrected chi connectivity index (χ1v) is 6.41. The Labute approximate surface area is 109 Å². The van der Waals surface area contributed by atoms with Crippen molar-refractivity contribution in [3.8, 4) is 0 Å². The van der Waals surface area contributed by atoms with Crippen molar-refractivity contribution in [2.45, 2.75) is 30.9 Å². The van der Waals surface area contributed by atoms with Gasteiger partial charge in [-0.25, -0.2) is 0 Å². The lowest BCUT2D eigenvalue weighted by Gasteiger charge is -2.11. The third-order valence-corrected chi connectivity index (χ3v) is 3.57. The van der Waals surface area contributed by atoms with Crippen molar-refractivity contribution in [1.82, 2.24) is 5.32 Å². The van der Waals surface area contributed by atoms with Crippen LogP contribution in [0.3, 0.4) is 0 Å². The zero-order valence-electron chi connectivity index (χ0n) is 9.80. The summed E-state index contributed by atoms with van der Waals surface area (Å²) in [5.41, 5.74) is 0.0240. The van der Waals surface area contributed by atoms with E-state index >= 15 is 0 Å². The molecule has 0 heterocycles. The molecule has 1 unspecified atom stereocenters. The normalized spacial score (nSPS) is 17.8. The molecule has 0 aromatic heterocycles. The zero-order chi connectivity index (χ0) is 13.2. The van der Waals surface area contributed by atoms with Gasteiger partial charge in [-0.05, 0) is 30.4 Å². The Morgan fingerprint density at radius 2 is 2.06 bits per heavy atom. The average molecular weight is 278 g/mol. The largest absolute Gasteiger partial charge is 0.416 e. The molecule has 5 heteroatoms. The summed E-state index contributed by atoms with van der Waals surface area (Å²) in [5, 5.41) is 3.20. The minimum Gasteiger partial charge on any atom is -0.311 e. The fourth-order valence-electron chi connectivity index (χ4n) is 1.84. The van der Waals surface area contributed by atoms with Crippen LogP contribution in [0.15, 0.2) is 24.3 Å². The predicted molar refractivity (Wildman–Crippen MR) is 65.5 cm³/mol. The van der Waals surface area contributed by atoms with Crippen LogP contribution in [0.1, 0.15) is 24.0 Å². The van der Waals surface area contributed by atoms with E-state index < -0.39 is 11.7 Å². The lowest BCUT2D eigenvalue weighted by atomic mass is 10.1. The second-order valence-electron chi connectivity index (χ2n) is 4.68. The standard InChI is InChI=1S/C13H15ClF3N/c14-12(10-4-5-10)8-18-7-9-2-1-3-11(6-9)13(15,16)17/h1-3,6,10,12,18H,4-5,7-8H2. The van der Waals surface area contributed by atoms with Crippen LogP contribution in [-0.2, 0) is 12.7 Å². The monoisotopic (exact) mass is 277 g/mol. The Bertz CT molecular complexity index is 401. The first kappa shape index (κ1) is 13.7. The van der Waals surface area contributed by atoms with Crippen LogP contribution in [0, 0.1) is 5.92 Å². The van der Waals surface area contributed by atoms with E-state index in [2.05, 4.69) is 5.32 Å². The van der Waals surface area contributed by atoms with Crippen LogP contribution >= 0.6 is 11.6 Å². The number of hydrogen-bond acceptors (Lipinski definition) is 1. The fraction of sp³-hybridized carbons (Fsp3) is 0.538. The topological polar surface area (TPSA) is 12.0 Å². The molecule has 0 saturated heterocycles. The van der Waals surface area contributed by atoms with E-state index in [1.54, 1.807) is 6.07 Å². The van der Waals surface area contributed by atoms with Gasteiger partial charge >= 0.3 is 6.18 Å². The van der Waals surface area contributed by atoms with E-state index in [1.165, 1.54) is 25.0 Å². The van der Waals surface area contributed by atoms with Gasteiger partial charge in [0.05, 0.1) is 5.56 Å². The SMILES string of the molecule is FC(F)(F)c1cccc(CNCC(Cl)C2CC2)c1. The molecule has 1 saturated carbocycles. The van der Waals surface area contributed by atoms with E-state index in [1.807, 2.05) is 0 Å². The minimum atomic E-state index is -4.28. The van der Waals surface area contributed by atoms with E-state index in [-0.39, 0.29) is 5.38 Å². The van der Waals surface area contributed by atoms with Gasteiger partial charge in [-0.2, -0.15) is 13.2 Å². The van der Waals surface area contributed by atoms with Crippen molar-refractivity contribution >= 4 is 11.6 Å². The summed E-state index contributed by atoms with van der Waals surface area (Å²) in [7, 11) is 0. The molecule has 1 aliphatic carbocycles. The summed E-state index contributed by atoms with van der Waals surface area (Å²) >= 11 is 6.11. The number of benzene rings is 1. The molecule has 1 nitrogen and oxygen atoms in total. The summed E-state index contributed by atoms with van der Waals surface area (Å²) in [4.78, 5) is 0. The Morgan fingerprint density at radius 1 is 1.33 bits per heavy atom. The molecule has 1 fully saturated rings. The van der Waals surface area contributed by atoms with Gasteiger partial charge in [-0.3, -0.25) is 0 Å². The Morgan fingerprint density at radius 3 is 2.67 bits per heavy atom. The molecule has 0 aliphatic heterocycles. The highest BCUT2D eigenvalue weighted by Crippen LogP contribution is 2.35. The first-order valence-electron chi connectivity index (χ1n) is 5.98. The van der Waals surface area contributed by atoms with E-state index in [0.717, 1.165) is 6.07 Å². The van der Waals surface area contributed by atoms with Crippen LogP contribution in [0.2, 0.25) is 0 Å². The Hall–Kier alpha value is -0.740. The highest BCUT2D eigenvalue weighted by Gasteiger charge is 2.30. The highest BCUT2D eigenvalue weighted by atomic mass is 35.5. The van der Waals surface area contributed by atoms with Gasteiger partial charge in [0.15, 0.2) is 0 Å². The number of alkyl halides is 4. The molecule has 0 bridgehead atoms. The van der Waals surface area contributed by atoms with Crippen molar-refractivity contribution in [2.75, 3.05) is 6.54 Å². The maximum atomic E-state index is 12.5. The summed E-state index contributed by atoms with van der Waals surface area (Å²) in [6.45, 7) is 1.06. The molecule has 0 radical (unpaired) electrons. The predicted octanol–water partition coefficient (Wildman–Crippen LogP) is 3.81. The van der Waals surface area contributed by atoms with Crippen LogP contribution in [0.5, 0.6) is 0 Å². The lowest BCUT2D eigenvalue weighted by molar-refractivity contribution is -0.137. The molecule has 1 aromatic carbocycles. The molecule has 0 spiro atoms. The van der Waals surface area contributed by atoms with Crippen LogP contribution in [0.25, 0.3) is 0 Å². The summed E-state index contributed by atoms with van der Waals surface area (Å²) in [6.07, 6.45) is -1.95. The Balaban J connectivity index is 1.85. The third kappa shape index (κ3) is 3.89. The van der Waals surface area contributed by atoms with Crippen LogP contribution in [0.4, 0.5) is 13.2 Å². The van der Waals surface area contributed by atoms with E-state index in [9.17, 15) is 13.2 Å². The van der Waals surface area contributed by atoms with Crippen molar-refractivity contribution < 1.29 is 13.2 Å². The lowest BCUT2D eigenvalue weighted by Crippen LogP contribution is -2.24. The highest BCUT2D eigenvalue weighted by molar-refractivity contribution is 6.21. The van der Waals surface area contributed by atoms with Crippen molar-refractivity contribution in [1.29, 1.82) is 0 Å². The second kappa shape index (κ2) is 5.49. The van der Waals surface area contributed by atoms with Gasteiger partial charge in [0.1, 0.15) is 0 Å². The molecule has 18 heavy (non-hydrogen) atoms. The molecule has 1 N–H and O–H groups in total. The van der Waals surface area contributed by atoms with Crippen molar-refractivity contribution in [3.63, 3.8) is 0 Å². The van der Waals surface area contributed by atoms with Gasteiger partial charge < -0.3 is 5.32 Å². The first-order chi connectivity index (χ1) is 8.47. The molecular weight excluding hydrogens is 263 g/mol. The van der Waals surface area contributed by atoms with Gasteiger partial charge in [-0.15, -0.1) is 11.6 Å². The summed E-state index contributed by atoms with van der Waals surface area (Å²) in [5.74, 6) is 0.584. The zero-order valence-corrected chi connectivity index (χ0v) is 10.6. The Kier molecular flexibility index (Phi) is 4.17. The van der Waals surface area contributed by atoms with Gasteiger partial charge in [0.2, 0.25) is 0 Å². The summed E-state index contributed by atoms with van der Waals surface area (Å²) in [6, 6.07) is 5.37.